The first-order valence-corrected chi connectivity index (χ1v) is 11.9. The first-order valence-electron chi connectivity index (χ1n) is 11.9. The maximum Gasteiger partial charge on any atom is 0.124 e. The van der Waals surface area contributed by atoms with Gasteiger partial charge in [0.05, 0.1) is 13.2 Å². The lowest BCUT2D eigenvalue weighted by molar-refractivity contribution is 0.0854. The number of allylic oxidation sites excluding steroid dienone is 1. The first-order chi connectivity index (χ1) is 16.2. The summed E-state index contributed by atoms with van der Waals surface area (Å²) in [5.74, 6) is 0.144. The van der Waals surface area contributed by atoms with Gasteiger partial charge in [0.25, 0.3) is 0 Å². The smallest absolute Gasteiger partial charge is 0.124 e. The van der Waals surface area contributed by atoms with Gasteiger partial charge in [0.2, 0.25) is 0 Å². The van der Waals surface area contributed by atoms with Crippen LogP contribution >= 0.6 is 0 Å². The van der Waals surface area contributed by atoms with Gasteiger partial charge < -0.3 is 20.9 Å². The molecule has 2 heterocycles. The van der Waals surface area contributed by atoms with Crippen molar-refractivity contribution in [3.8, 4) is 0 Å². The summed E-state index contributed by atoms with van der Waals surface area (Å²) in [6.45, 7) is 12.4. The van der Waals surface area contributed by atoms with Crippen LogP contribution in [0.2, 0.25) is 0 Å². The van der Waals surface area contributed by atoms with Gasteiger partial charge in [-0.3, -0.25) is 0 Å². The zero-order valence-electron chi connectivity index (χ0n) is 20.4. The summed E-state index contributed by atoms with van der Waals surface area (Å²) in [6, 6.07) is 6.07. The molecule has 0 aromatic heterocycles. The number of rotatable bonds is 4. The minimum atomic E-state index is -0.278. The Hall–Kier alpha value is -2.70. The van der Waals surface area contributed by atoms with Crippen LogP contribution in [-0.2, 0) is 9.47 Å². The van der Waals surface area contributed by atoms with Crippen LogP contribution in [0.15, 0.2) is 36.9 Å². The third-order valence-corrected chi connectivity index (χ3v) is 6.41. The zero-order chi connectivity index (χ0) is 24.8. The molecule has 2 aromatic rings. The molecule has 0 aliphatic carbocycles. The molecular weight excluding hydrogens is 434 g/mol. The molecule has 0 amide bonds. The second kappa shape index (κ2) is 11.6. The van der Waals surface area contributed by atoms with E-state index in [1.165, 1.54) is 12.1 Å². The predicted molar refractivity (Wildman–Crippen MR) is 137 cm³/mol. The van der Waals surface area contributed by atoms with E-state index in [-0.39, 0.29) is 17.6 Å². The first kappa shape index (κ1) is 25.9. The average Bonchev–Trinajstić information content (AvgIpc) is 2.82. The van der Waals surface area contributed by atoms with Crippen molar-refractivity contribution in [1.29, 1.82) is 0 Å². The fourth-order valence-electron chi connectivity index (χ4n) is 4.49. The molecule has 0 spiro atoms. The van der Waals surface area contributed by atoms with Crippen LogP contribution in [0, 0.1) is 11.6 Å². The molecule has 0 saturated carbocycles. The Labute approximate surface area is 201 Å². The van der Waals surface area contributed by atoms with Crippen molar-refractivity contribution in [3.05, 3.63) is 70.8 Å². The van der Waals surface area contributed by atoms with E-state index >= 15 is 0 Å². The topological polar surface area (TPSA) is 70.5 Å². The van der Waals surface area contributed by atoms with Gasteiger partial charge in [-0.25, -0.2) is 8.78 Å². The van der Waals surface area contributed by atoms with E-state index in [1.54, 1.807) is 12.1 Å². The van der Waals surface area contributed by atoms with Crippen LogP contribution in [0.1, 0.15) is 74.1 Å². The third kappa shape index (κ3) is 6.24. The maximum absolute atomic E-state index is 13.6. The Kier molecular flexibility index (Phi) is 8.86. The highest BCUT2D eigenvalue weighted by Gasteiger charge is 2.21. The number of hydrogen-bond acceptors (Lipinski definition) is 4. The second-order valence-corrected chi connectivity index (χ2v) is 9.29. The van der Waals surface area contributed by atoms with Gasteiger partial charge in [-0.2, -0.15) is 0 Å². The van der Waals surface area contributed by atoms with Crippen molar-refractivity contribution in [2.75, 3.05) is 37.9 Å². The Balaban J connectivity index is 0.000000191. The summed E-state index contributed by atoms with van der Waals surface area (Å²) in [4.78, 5) is 0. The van der Waals surface area contributed by atoms with Crippen LogP contribution in [0.5, 0.6) is 0 Å². The van der Waals surface area contributed by atoms with Crippen molar-refractivity contribution in [2.24, 2.45) is 0 Å². The minimum Gasteiger partial charge on any atom is -0.398 e. The van der Waals surface area contributed by atoms with E-state index < -0.39 is 0 Å². The molecule has 2 aliphatic heterocycles. The molecule has 2 aromatic carbocycles. The summed E-state index contributed by atoms with van der Waals surface area (Å²) < 4.78 is 37.8. The maximum atomic E-state index is 13.6. The molecule has 4 nitrogen and oxygen atoms in total. The minimum absolute atomic E-state index is 0.176. The normalized spacial score (nSPS) is 16.6. The molecule has 0 unspecified atom stereocenters. The van der Waals surface area contributed by atoms with Crippen LogP contribution in [-0.4, -0.2) is 26.4 Å². The van der Waals surface area contributed by atoms with Crippen molar-refractivity contribution in [1.82, 2.24) is 0 Å². The second-order valence-electron chi connectivity index (χ2n) is 9.29. The fraction of sp³-hybridized carbons (Fsp3) is 0.429. The van der Waals surface area contributed by atoms with Gasteiger partial charge >= 0.3 is 0 Å². The SMILES string of the molecule is C=C(C)c1cc(F)cc(C2=CCOCC2)c1N.CC(C)c1cc(F)cc(C2CCOCC2)c1N. The van der Waals surface area contributed by atoms with Crippen LogP contribution in [0.3, 0.4) is 0 Å². The van der Waals surface area contributed by atoms with E-state index in [9.17, 15) is 8.78 Å². The molecule has 4 rings (SSSR count). The van der Waals surface area contributed by atoms with Crippen molar-refractivity contribution >= 4 is 22.5 Å². The quantitative estimate of drug-likeness (QED) is 0.490. The molecule has 6 heteroatoms. The lowest BCUT2D eigenvalue weighted by atomic mass is 9.87. The largest absolute Gasteiger partial charge is 0.398 e. The number of anilines is 2. The third-order valence-electron chi connectivity index (χ3n) is 6.41. The summed E-state index contributed by atoms with van der Waals surface area (Å²) >= 11 is 0. The highest BCUT2D eigenvalue weighted by atomic mass is 19.1. The van der Waals surface area contributed by atoms with E-state index in [1.807, 2.05) is 26.8 Å². The summed E-state index contributed by atoms with van der Waals surface area (Å²) in [7, 11) is 0. The molecular formula is C28H36F2N2O2. The Morgan fingerprint density at radius 1 is 0.971 bits per heavy atom. The Bertz CT molecular complexity index is 1060. The van der Waals surface area contributed by atoms with Gasteiger partial charge in [0, 0.05) is 35.7 Å². The number of hydrogen-bond donors (Lipinski definition) is 2. The van der Waals surface area contributed by atoms with E-state index in [2.05, 4.69) is 6.58 Å². The molecule has 1 saturated heterocycles. The molecule has 184 valence electrons. The fourth-order valence-corrected chi connectivity index (χ4v) is 4.49. The van der Waals surface area contributed by atoms with Gasteiger partial charge in [-0.15, -0.1) is 0 Å². The van der Waals surface area contributed by atoms with Crippen molar-refractivity contribution in [2.45, 2.75) is 51.9 Å². The monoisotopic (exact) mass is 470 g/mol. The van der Waals surface area contributed by atoms with Gasteiger partial charge in [0.15, 0.2) is 0 Å². The average molecular weight is 471 g/mol. The lowest BCUT2D eigenvalue weighted by Gasteiger charge is -2.25. The van der Waals surface area contributed by atoms with Gasteiger partial charge in [-0.05, 0) is 84.6 Å². The highest BCUT2D eigenvalue weighted by molar-refractivity contribution is 5.84. The lowest BCUT2D eigenvalue weighted by Crippen LogP contribution is -2.16. The summed E-state index contributed by atoms with van der Waals surface area (Å²) in [5.41, 5.74) is 18.8. The molecule has 2 aliphatic rings. The Morgan fingerprint density at radius 2 is 1.65 bits per heavy atom. The number of nitrogen functional groups attached to an aromatic ring is 2. The molecule has 34 heavy (non-hydrogen) atoms. The van der Waals surface area contributed by atoms with Crippen LogP contribution in [0.25, 0.3) is 11.1 Å². The summed E-state index contributed by atoms with van der Waals surface area (Å²) in [5, 5.41) is 0. The highest BCUT2D eigenvalue weighted by Crippen LogP contribution is 2.36. The number of nitrogens with two attached hydrogens (primary N) is 2. The zero-order valence-corrected chi connectivity index (χ0v) is 20.4. The van der Waals surface area contributed by atoms with E-state index in [0.29, 0.717) is 30.4 Å². The molecule has 0 bridgehead atoms. The van der Waals surface area contributed by atoms with Gasteiger partial charge in [-0.1, -0.05) is 26.5 Å². The standard InChI is InChI=1S/C14H20FNO.C14H16FNO/c2*1-9(2)12-7-11(15)8-13(14(12)16)10-3-5-17-6-4-10/h7-10H,3-6,16H2,1-2H3;3,7-8H,1,4-6,16H2,2H3. The molecule has 0 atom stereocenters. The number of benzene rings is 2. The van der Waals surface area contributed by atoms with Gasteiger partial charge in [0.1, 0.15) is 11.6 Å². The predicted octanol–water partition coefficient (Wildman–Crippen LogP) is 6.67. The van der Waals surface area contributed by atoms with Crippen molar-refractivity contribution < 1.29 is 18.3 Å². The molecule has 1 fully saturated rings. The molecule has 4 N–H and O–H groups in total. The van der Waals surface area contributed by atoms with E-state index in [0.717, 1.165) is 66.0 Å². The van der Waals surface area contributed by atoms with Crippen molar-refractivity contribution in [3.63, 3.8) is 0 Å². The number of ether oxygens (including phenoxy) is 2. The summed E-state index contributed by atoms with van der Waals surface area (Å²) in [6.07, 6.45) is 4.59. The van der Waals surface area contributed by atoms with Crippen LogP contribution in [0.4, 0.5) is 20.2 Å². The number of halogens is 2. The Morgan fingerprint density at radius 3 is 2.24 bits per heavy atom. The van der Waals surface area contributed by atoms with E-state index in [4.69, 9.17) is 20.9 Å². The molecule has 0 radical (unpaired) electrons. The van der Waals surface area contributed by atoms with Crippen LogP contribution < -0.4 is 11.5 Å².